The van der Waals surface area contributed by atoms with Crippen molar-refractivity contribution in [2.75, 3.05) is 18.6 Å². The lowest BCUT2D eigenvalue weighted by atomic mass is 9.89. The molecule has 8 nitrogen and oxygen atoms in total. The van der Waals surface area contributed by atoms with Crippen molar-refractivity contribution >= 4 is 17.6 Å². The highest BCUT2D eigenvalue weighted by atomic mass is 16.5. The topological polar surface area (TPSA) is 97.5 Å². The standard InChI is InChI=1S/C17H18N4O4/c1-25-17(24)11-2-3-13-10(8-11)6-7-20(13)16(23)12-9-21(19-18-12)14-4-5-15(14)22/h2-3,8-9,14-15,22H,4-7H2,1H3/t14-,15-/m1/s1. The summed E-state index contributed by atoms with van der Waals surface area (Å²) >= 11 is 0. The molecule has 25 heavy (non-hydrogen) atoms. The molecular weight excluding hydrogens is 324 g/mol. The summed E-state index contributed by atoms with van der Waals surface area (Å²) < 4.78 is 6.30. The van der Waals surface area contributed by atoms with Crippen LogP contribution in [0.15, 0.2) is 24.4 Å². The molecular formula is C17H18N4O4. The molecule has 1 amide bonds. The van der Waals surface area contributed by atoms with Crippen LogP contribution in [0.1, 0.15) is 45.3 Å². The Bertz CT molecular complexity index is 847. The number of aliphatic hydroxyl groups excluding tert-OH is 1. The van der Waals surface area contributed by atoms with Crippen molar-refractivity contribution in [3.8, 4) is 0 Å². The molecule has 1 fully saturated rings. The lowest BCUT2D eigenvalue weighted by Crippen LogP contribution is -2.34. The van der Waals surface area contributed by atoms with E-state index in [1.807, 2.05) is 0 Å². The molecule has 2 heterocycles. The van der Waals surface area contributed by atoms with Crippen molar-refractivity contribution < 1.29 is 19.4 Å². The second-order valence-corrected chi connectivity index (χ2v) is 6.34. The number of aromatic nitrogens is 3. The van der Waals surface area contributed by atoms with Crippen LogP contribution < -0.4 is 4.90 Å². The van der Waals surface area contributed by atoms with Crippen LogP contribution in [0.4, 0.5) is 5.69 Å². The van der Waals surface area contributed by atoms with E-state index in [0.717, 1.165) is 24.1 Å². The number of anilines is 1. The van der Waals surface area contributed by atoms with Gasteiger partial charge in [0.25, 0.3) is 5.91 Å². The number of nitrogens with zero attached hydrogens (tertiary/aromatic N) is 4. The third-order valence-electron chi connectivity index (χ3n) is 4.91. The molecule has 0 spiro atoms. The minimum atomic E-state index is -0.422. The molecule has 2 aliphatic rings. The van der Waals surface area contributed by atoms with Crippen molar-refractivity contribution in [2.24, 2.45) is 0 Å². The molecule has 130 valence electrons. The maximum Gasteiger partial charge on any atom is 0.337 e. The van der Waals surface area contributed by atoms with Crippen LogP contribution in [0.25, 0.3) is 0 Å². The van der Waals surface area contributed by atoms with Gasteiger partial charge in [0.1, 0.15) is 0 Å². The fraction of sp³-hybridized carbons (Fsp3) is 0.412. The van der Waals surface area contributed by atoms with Gasteiger partial charge >= 0.3 is 5.97 Å². The number of rotatable bonds is 3. The third kappa shape index (κ3) is 2.58. The molecule has 1 aliphatic carbocycles. The number of aliphatic hydroxyl groups is 1. The third-order valence-corrected chi connectivity index (χ3v) is 4.91. The molecule has 1 aliphatic heterocycles. The number of fused-ring (bicyclic) bond motifs is 1. The number of hydrogen-bond acceptors (Lipinski definition) is 6. The molecule has 1 N–H and O–H groups in total. The van der Waals surface area contributed by atoms with E-state index in [9.17, 15) is 14.7 Å². The van der Waals surface area contributed by atoms with Gasteiger partial charge in [0.2, 0.25) is 0 Å². The predicted octanol–water partition coefficient (Wildman–Crippen LogP) is 0.963. The summed E-state index contributed by atoms with van der Waals surface area (Å²) in [5.74, 6) is -0.626. The summed E-state index contributed by atoms with van der Waals surface area (Å²) in [7, 11) is 1.34. The van der Waals surface area contributed by atoms with E-state index in [1.165, 1.54) is 7.11 Å². The molecule has 1 aromatic heterocycles. The van der Waals surface area contributed by atoms with Gasteiger partial charge in [0.15, 0.2) is 5.69 Å². The van der Waals surface area contributed by atoms with E-state index in [2.05, 4.69) is 10.3 Å². The van der Waals surface area contributed by atoms with E-state index in [4.69, 9.17) is 4.74 Å². The Kier molecular flexibility index (Phi) is 3.76. The number of hydrogen-bond donors (Lipinski definition) is 1. The summed E-state index contributed by atoms with van der Waals surface area (Å²) in [6, 6.07) is 5.07. The smallest absolute Gasteiger partial charge is 0.337 e. The SMILES string of the molecule is COC(=O)c1ccc2c(c1)CCN2C(=O)c1cn([C@@H]2CC[C@H]2O)nn1. The highest BCUT2D eigenvalue weighted by Gasteiger charge is 2.33. The molecule has 4 rings (SSSR count). The minimum absolute atomic E-state index is 0.0949. The Labute approximate surface area is 144 Å². The van der Waals surface area contributed by atoms with Gasteiger partial charge in [-0.15, -0.1) is 5.10 Å². The largest absolute Gasteiger partial charge is 0.465 e. The lowest BCUT2D eigenvalue weighted by molar-refractivity contribution is 0.0244. The first-order valence-electron chi connectivity index (χ1n) is 8.21. The number of amides is 1. The number of carbonyl (C=O) groups is 2. The molecule has 1 saturated carbocycles. The highest BCUT2D eigenvalue weighted by molar-refractivity contribution is 6.06. The maximum atomic E-state index is 12.8. The van der Waals surface area contributed by atoms with Crippen molar-refractivity contribution in [1.29, 1.82) is 0 Å². The number of methoxy groups -OCH3 is 1. The second kappa shape index (κ2) is 5.96. The lowest BCUT2D eigenvalue weighted by Gasteiger charge is -2.31. The van der Waals surface area contributed by atoms with Gasteiger partial charge in [-0.3, -0.25) is 4.79 Å². The van der Waals surface area contributed by atoms with Crippen molar-refractivity contribution in [2.45, 2.75) is 31.4 Å². The van der Waals surface area contributed by atoms with Gasteiger partial charge in [0, 0.05) is 12.2 Å². The zero-order valence-electron chi connectivity index (χ0n) is 13.8. The van der Waals surface area contributed by atoms with Crippen LogP contribution in [0.3, 0.4) is 0 Å². The summed E-state index contributed by atoms with van der Waals surface area (Å²) in [4.78, 5) is 26.0. The van der Waals surface area contributed by atoms with Crippen LogP contribution in [0.2, 0.25) is 0 Å². The first kappa shape index (κ1) is 15.8. The monoisotopic (exact) mass is 342 g/mol. The van der Waals surface area contributed by atoms with Crippen LogP contribution >= 0.6 is 0 Å². The summed E-state index contributed by atoms with van der Waals surface area (Å²) in [6.07, 6.45) is 3.42. The number of benzene rings is 1. The molecule has 1 aromatic carbocycles. The summed E-state index contributed by atoms with van der Waals surface area (Å²) in [6.45, 7) is 0.526. The molecule has 2 atom stereocenters. The molecule has 0 unspecified atom stereocenters. The van der Waals surface area contributed by atoms with Gasteiger partial charge in [-0.1, -0.05) is 5.21 Å². The first-order valence-corrected chi connectivity index (χ1v) is 8.21. The van der Waals surface area contributed by atoms with E-state index < -0.39 is 12.1 Å². The summed E-state index contributed by atoms with van der Waals surface area (Å²) in [5.41, 5.74) is 2.43. The normalized spacial score (nSPS) is 21.6. The Morgan fingerprint density at radius 3 is 2.84 bits per heavy atom. The van der Waals surface area contributed by atoms with Crippen LogP contribution in [-0.2, 0) is 11.2 Å². The molecule has 0 saturated heterocycles. The van der Waals surface area contributed by atoms with Crippen LogP contribution in [0.5, 0.6) is 0 Å². The van der Waals surface area contributed by atoms with Crippen LogP contribution in [-0.4, -0.2) is 51.7 Å². The average Bonchev–Trinajstić information content (AvgIpc) is 3.25. The number of esters is 1. The van der Waals surface area contributed by atoms with Crippen molar-refractivity contribution in [3.05, 3.63) is 41.2 Å². The quantitative estimate of drug-likeness (QED) is 0.835. The number of ether oxygens (including phenoxy) is 1. The van der Waals surface area contributed by atoms with E-state index in [-0.39, 0.29) is 17.6 Å². The average molecular weight is 342 g/mol. The van der Waals surface area contributed by atoms with Gasteiger partial charge < -0.3 is 14.7 Å². The molecule has 0 radical (unpaired) electrons. The predicted molar refractivity (Wildman–Crippen MR) is 87.5 cm³/mol. The van der Waals surface area contributed by atoms with Crippen molar-refractivity contribution in [3.63, 3.8) is 0 Å². The van der Waals surface area contributed by atoms with Crippen molar-refractivity contribution in [1.82, 2.24) is 15.0 Å². The Morgan fingerprint density at radius 1 is 1.32 bits per heavy atom. The van der Waals surface area contributed by atoms with E-state index in [0.29, 0.717) is 18.5 Å². The Balaban J connectivity index is 1.56. The van der Waals surface area contributed by atoms with E-state index >= 15 is 0 Å². The minimum Gasteiger partial charge on any atom is -0.465 e. The zero-order chi connectivity index (χ0) is 17.6. The number of carbonyl (C=O) groups excluding carboxylic acids is 2. The zero-order valence-corrected chi connectivity index (χ0v) is 13.8. The fourth-order valence-corrected chi connectivity index (χ4v) is 3.31. The second-order valence-electron chi connectivity index (χ2n) is 6.34. The fourth-order valence-electron chi connectivity index (χ4n) is 3.31. The van der Waals surface area contributed by atoms with Gasteiger partial charge in [0.05, 0.1) is 31.0 Å². The van der Waals surface area contributed by atoms with Gasteiger partial charge in [-0.2, -0.15) is 0 Å². The van der Waals surface area contributed by atoms with Gasteiger partial charge in [-0.25, -0.2) is 9.48 Å². The summed E-state index contributed by atoms with van der Waals surface area (Å²) in [5, 5.41) is 17.7. The van der Waals surface area contributed by atoms with Gasteiger partial charge in [-0.05, 0) is 43.0 Å². The maximum absolute atomic E-state index is 12.8. The molecule has 2 aromatic rings. The van der Waals surface area contributed by atoms with Crippen LogP contribution in [0, 0.1) is 0 Å². The molecule has 0 bridgehead atoms. The first-order chi connectivity index (χ1) is 12.1. The van der Waals surface area contributed by atoms with E-state index in [1.54, 1.807) is 34.0 Å². The Hall–Kier alpha value is -2.74. The Morgan fingerprint density at radius 2 is 2.16 bits per heavy atom. The highest BCUT2D eigenvalue weighted by Crippen LogP contribution is 2.32. The molecule has 8 heteroatoms.